The van der Waals surface area contributed by atoms with E-state index in [4.69, 9.17) is 0 Å². The molecule has 0 fully saturated rings. The number of anilines is 1. The van der Waals surface area contributed by atoms with Gasteiger partial charge >= 0.3 is 0 Å². The molecule has 0 aliphatic heterocycles. The minimum Gasteiger partial charge on any atom is -0.377 e. The zero-order valence-electron chi connectivity index (χ0n) is 11.2. The van der Waals surface area contributed by atoms with Crippen molar-refractivity contribution in [3.05, 3.63) is 29.3 Å². The molecule has 0 bridgehead atoms. The standard InChI is InChI=1S/C14H21N3/c1-5-17(6-2)11-12-8-7-9-14(16(3)4)13(12)10-15/h7-9H,5-6,11H2,1-4H3. The Morgan fingerprint density at radius 1 is 1.18 bits per heavy atom. The monoisotopic (exact) mass is 231 g/mol. The van der Waals surface area contributed by atoms with Crippen molar-refractivity contribution in [1.29, 1.82) is 5.26 Å². The highest BCUT2D eigenvalue weighted by Gasteiger charge is 2.11. The first-order chi connectivity index (χ1) is 8.13. The Morgan fingerprint density at radius 3 is 2.29 bits per heavy atom. The van der Waals surface area contributed by atoms with E-state index in [1.807, 2.05) is 37.2 Å². The van der Waals surface area contributed by atoms with Gasteiger partial charge in [-0.2, -0.15) is 5.26 Å². The number of benzene rings is 1. The Bertz CT molecular complexity index is 400. The second-order valence-electron chi connectivity index (χ2n) is 4.28. The molecular formula is C14H21N3. The van der Waals surface area contributed by atoms with E-state index in [0.29, 0.717) is 0 Å². The number of rotatable bonds is 5. The van der Waals surface area contributed by atoms with Gasteiger partial charge in [0.25, 0.3) is 0 Å². The lowest BCUT2D eigenvalue weighted by molar-refractivity contribution is 0.295. The first-order valence-electron chi connectivity index (χ1n) is 6.05. The lowest BCUT2D eigenvalue weighted by Crippen LogP contribution is -2.23. The smallest absolute Gasteiger partial charge is 0.102 e. The molecule has 17 heavy (non-hydrogen) atoms. The van der Waals surface area contributed by atoms with Gasteiger partial charge in [-0.1, -0.05) is 26.0 Å². The van der Waals surface area contributed by atoms with Crippen molar-refractivity contribution >= 4 is 5.69 Å². The van der Waals surface area contributed by atoms with Gasteiger partial charge in [0.05, 0.1) is 11.3 Å². The molecule has 92 valence electrons. The zero-order chi connectivity index (χ0) is 12.8. The highest BCUT2D eigenvalue weighted by Crippen LogP contribution is 2.22. The molecule has 0 aromatic heterocycles. The molecule has 3 nitrogen and oxygen atoms in total. The molecule has 1 rings (SSSR count). The first kappa shape index (κ1) is 13.5. The summed E-state index contributed by atoms with van der Waals surface area (Å²) in [6.45, 7) is 7.15. The summed E-state index contributed by atoms with van der Waals surface area (Å²) in [5, 5.41) is 9.31. The summed E-state index contributed by atoms with van der Waals surface area (Å²) < 4.78 is 0. The van der Waals surface area contributed by atoms with Crippen molar-refractivity contribution in [2.45, 2.75) is 20.4 Å². The molecule has 0 aliphatic carbocycles. The van der Waals surface area contributed by atoms with Crippen molar-refractivity contribution < 1.29 is 0 Å². The Balaban J connectivity index is 3.08. The molecule has 0 aliphatic rings. The van der Waals surface area contributed by atoms with Crippen molar-refractivity contribution in [2.75, 3.05) is 32.1 Å². The summed E-state index contributed by atoms with van der Waals surface area (Å²) in [5.41, 5.74) is 2.91. The molecule has 1 aromatic carbocycles. The van der Waals surface area contributed by atoms with E-state index >= 15 is 0 Å². The first-order valence-corrected chi connectivity index (χ1v) is 6.05. The minimum absolute atomic E-state index is 0.796. The van der Waals surface area contributed by atoms with E-state index in [1.54, 1.807) is 0 Å². The molecule has 0 unspecified atom stereocenters. The topological polar surface area (TPSA) is 30.3 Å². The van der Waals surface area contributed by atoms with Crippen LogP contribution in [0.5, 0.6) is 0 Å². The average molecular weight is 231 g/mol. The number of hydrogen-bond donors (Lipinski definition) is 0. The van der Waals surface area contributed by atoms with E-state index < -0.39 is 0 Å². The van der Waals surface area contributed by atoms with Crippen LogP contribution in [-0.4, -0.2) is 32.1 Å². The second-order valence-corrected chi connectivity index (χ2v) is 4.28. The van der Waals surface area contributed by atoms with Gasteiger partial charge < -0.3 is 4.90 Å². The van der Waals surface area contributed by atoms with Gasteiger partial charge in [0, 0.05) is 20.6 Å². The Kier molecular flexibility index (Phi) is 4.99. The van der Waals surface area contributed by atoms with Crippen molar-refractivity contribution in [1.82, 2.24) is 4.90 Å². The zero-order valence-corrected chi connectivity index (χ0v) is 11.2. The van der Waals surface area contributed by atoms with Crippen LogP contribution in [0.1, 0.15) is 25.0 Å². The summed E-state index contributed by atoms with van der Waals surface area (Å²) in [6, 6.07) is 8.39. The van der Waals surface area contributed by atoms with Crippen LogP contribution in [-0.2, 0) is 6.54 Å². The van der Waals surface area contributed by atoms with Gasteiger partial charge in [-0.05, 0) is 24.7 Å². The maximum atomic E-state index is 9.31. The molecule has 0 amide bonds. The van der Waals surface area contributed by atoms with Gasteiger partial charge in [-0.15, -0.1) is 0 Å². The lowest BCUT2D eigenvalue weighted by atomic mass is 10.1. The fourth-order valence-electron chi connectivity index (χ4n) is 1.91. The number of nitriles is 1. The van der Waals surface area contributed by atoms with E-state index in [-0.39, 0.29) is 0 Å². The molecule has 0 N–H and O–H groups in total. The second kappa shape index (κ2) is 6.27. The summed E-state index contributed by atoms with van der Waals surface area (Å²) in [5.74, 6) is 0. The Hall–Kier alpha value is -1.53. The van der Waals surface area contributed by atoms with Gasteiger partial charge in [0.2, 0.25) is 0 Å². The lowest BCUT2D eigenvalue weighted by Gasteiger charge is -2.21. The Labute approximate surface area is 104 Å². The maximum Gasteiger partial charge on any atom is 0.102 e. The molecule has 0 atom stereocenters. The predicted molar refractivity (Wildman–Crippen MR) is 72.1 cm³/mol. The number of nitrogens with zero attached hydrogens (tertiary/aromatic N) is 3. The van der Waals surface area contributed by atoms with Gasteiger partial charge in [-0.3, -0.25) is 4.90 Å². The fourth-order valence-corrected chi connectivity index (χ4v) is 1.91. The van der Waals surface area contributed by atoms with Crippen LogP contribution in [0.25, 0.3) is 0 Å². The summed E-state index contributed by atoms with van der Waals surface area (Å²) in [4.78, 5) is 4.31. The summed E-state index contributed by atoms with van der Waals surface area (Å²) in [7, 11) is 3.94. The van der Waals surface area contributed by atoms with Crippen LogP contribution in [0, 0.1) is 11.3 Å². The molecule has 1 aromatic rings. The fraction of sp³-hybridized carbons (Fsp3) is 0.500. The predicted octanol–water partition coefficient (Wildman–Crippen LogP) is 2.47. The van der Waals surface area contributed by atoms with Crippen LogP contribution >= 0.6 is 0 Å². The van der Waals surface area contributed by atoms with Crippen molar-refractivity contribution in [3.63, 3.8) is 0 Å². The molecule has 0 saturated carbocycles. The van der Waals surface area contributed by atoms with Gasteiger partial charge in [0.15, 0.2) is 0 Å². The van der Waals surface area contributed by atoms with Crippen molar-refractivity contribution in [3.8, 4) is 6.07 Å². The third-order valence-electron chi connectivity index (χ3n) is 3.01. The summed E-state index contributed by atoms with van der Waals surface area (Å²) in [6.07, 6.45) is 0. The largest absolute Gasteiger partial charge is 0.377 e. The van der Waals surface area contributed by atoms with Crippen LogP contribution in [0.15, 0.2) is 18.2 Å². The Morgan fingerprint density at radius 2 is 1.82 bits per heavy atom. The molecular weight excluding hydrogens is 210 g/mol. The van der Waals surface area contributed by atoms with Crippen LogP contribution in [0.3, 0.4) is 0 Å². The van der Waals surface area contributed by atoms with E-state index in [2.05, 4.69) is 24.8 Å². The van der Waals surface area contributed by atoms with Crippen LogP contribution < -0.4 is 4.90 Å². The SMILES string of the molecule is CCN(CC)Cc1cccc(N(C)C)c1C#N. The molecule has 0 spiro atoms. The van der Waals surface area contributed by atoms with Gasteiger partial charge in [-0.25, -0.2) is 0 Å². The number of hydrogen-bond acceptors (Lipinski definition) is 3. The normalized spacial score (nSPS) is 10.4. The average Bonchev–Trinajstić information content (AvgIpc) is 2.35. The van der Waals surface area contributed by atoms with Crippen LogP contribution in [0.2, 0.25) is 0 Å². The highest BCUT2D eigenvalue weighted by atomic mass is 15.1. The third-order valence-corrected chi connectivity index (χ3v) is 3.01. The van der Waals surface area contributed by atoms with E-state index in [9.17, 15) is 5.26 Å². The highest BCUT2D eigenvalue weighted by molar-refractivity contribution is 5.61. The van der Waals surface area contributed by atoms with Crippen LogP contribution in [0.4, 0.5) is 5.69 Å². The van der Waals surface area contributed by atoms with Gasteiger partial charge in [0.1, 0.15) is 6.07 Å². The molecule has 0 radical (unpaired) electrons. The van der Waals surface area contributed by atoms with Crippen molar-refractivity contribution in [2.24, 2.45) is 0 Å². The minimum atomic E-state index is 0.796. The van der Waals surface area contributed by atoms with E-state index in [0.717, 1.165) is 36.4 Å². The quantitative estimate of drug-likeness (QED) is 0.780. The third kappa shape index (κ3) is 3.21. The molecule has 0 heterocycles. The van der Waals surface area contributed by atoms with E-state index in [1.165, 1.54) is 0 Å². The summed E-state index contributed by atoms with van der Waals surface area (Å²) >= 11 is 0. The maximum absolute atomic E-state index is 9.31. The molecule has 0 saturated heterocycles. The molecule has 3 heteroatoms.